The number of benzene rings is 2. The Kier molecular flexibility index (Phi) is 5.20. The second-order valence-corrected chi connectivity index (χ2v) is 8.32. The van der Waals surface area contributed by atoms with Crippen LogP contribution in [0.4, 0.5) is 0 Å². The van der Waals surface area contributed by atoms with Gasteiger partial charge in [0.05, 0.1) is 10.6 Å². The average Bonchev–Trinajstić information content (AvgIpc) is 3.16. The molecule has 5 nitrogen and oxygen atoms in total. The van der Waals surface area contributed by atoms with E-state index in [0.29, 0.717) is 5.56 Å². The van der Waals surface area contributed by atoms with Crippen molar-refractivity contribution in [2.45, 2.75) is 23.1 Å². The first-order chi connectivity index (χ1) is 12.0. The molecule has 1 amide bonds. The fraction of sp³-hybridized carbons (Fsp3) is 0.316. The molecular weight excluding hydrogens is 336 g/mol. The molecule has 1 aliphatic rings. The molecule has 1 saturated heterocycles. The van der Waals surface area contributed by atoms with Crippen molar-refractivity contribution in [3.05, 3.63) is 65.7 Å². The molecule has 0 bridgehead atoms. The van der Waals surface area contributed by atoms with Gasteiger partial charge < -0.3 is 10.2 Å². The molecule has 3 rings (SSSR count). The van der Waals surface area contributed by atoms with Gasteiger partial charge in [-0.05, 0) is 42.8 Å². The molecule has 2 aromatic carbocycles. The topological polar surface area (TPSA) is 66.5 Å². The van der Waals surface area contributed by atoms with E-state index in [1.807, 2.05) is 18.2 Å². The van der Waals surface area contributed by atoms with E-state index in [2.05, 4.69) is 5.32 Å². The van der Waals surface area contributed by atoms with Crippen molar-refractivity contribution in [1.29, 1.82) is 0 Å². The monoisotopic (exact) mass is 358 g/mol. The SMILES string of the molecule is CN(C(=O)c1ccc(S(=O)(=O)Cc2ccccc2)cc1)C1CCNC1. The summed E-state index contributed by atoms with van der Waals surface area (Å²) >= 11 is 0. The van der Waals surface area contributed by atoms with E-state index in [1.54, 1.807) is 36.2 Å². The van der Waals surface area contributed by atoms with Gasteiger partial charge in [-0.3, -0.25) is 4.79 Å². The summed E-state index contributed by atoms with van der Waals surface area (Å²) in [7, 11) is -1.63. The van der Waals surface area contributed by atoms with Crippen LogP contribution in [0.5, 0.6) is 0 Å². The molecular formula is C19H22N2O3S. The lowest BCUT2D eigenvalue weighted by Crippen LogP contribution is -2.38. The van der Waals surface area contributed by atoms with Gasteiger partial charge in [0.15, 0.2) is 9.84 Å². The number of sulfone groups is 1. The molecule has 0 aromatic heterocycles. The summed E-state index contributed by atoms with van der Waals surface area (Å²) in [5.74, 6) is -0.130. The second kappa shape index (κ2) is 7.37. The summed E-state index contributed by atoms with van der Waals surface area (Å²) in [5, 5.41) is 3.24. The van der Waals surface area contributed by atoms with Crippen molar-refractivity contribution in [1.82, 2.24) is 10.2 Å². The molecule has 6 heteroatoms. The zero-order chi connectivity index (χ0) is 17.9. The summed E-state index contributed by atoms with van der Waals surface area (Å²) < 4.78 is 25.0. The van der Waals surface area contributed by atoms with Gasteiger partial charge in [0.1, 0.15) is 0 Å². The molecule has 0 saturated carbocycles. The van der Waals surface area contributed by atoms with Gasteiger partial charge in [0.25, 0.3) is 5.91 Å². The van der Waals surface area contributed by atoms with Gasteiger partial charge in [0, 0.05) is 25.2 Å². The Labute approximate surface area is 148 Å². The lowest BCUT2D eigenvalue weighted by atomic mass is 10.1. The Morgan fingerprint density at radius 1 is 1.12 bits per heavy atom. The molecule has 1 N–H and O–H groups in total. The standard InChI is InChI=1S/C19H22N2O3S/c1-21(17-11-12-20-13-17)19(22)16-7-9-18(10-8-16)25(23,24)14-15-5-3-2-4-6-15/h2-10,17,20H,11-14H2,1H3. The van der Waals surface area contributed by atoms with Crippen molar-refractivity contribution in [2.75, 3.05) is 20.1 Å². The average molecular weight is 358 g/mol. The van der Waals surface area contributed by atoms with E-state index in [1.165, 1.54) is 12.1 Å². The number of rotatable bonds is 5. The summed E-state index contributed by atoms with van der Waals surface area (Å²) in [5.41, 5.74) is 1.25. The van der Waals surface area contributed by atoms with Crippen LogP contribution in [0.2, 0.25) is 0 Å². The van der Waals surface area contributed by atoms with Crippen LogP contribution in [0, 0.1) is 0 Å². The van der Waals surface area contributed by atoms with Crippen molar-refractivity contribution in [2.24, 2.45) is 0 Å². The van der Waals surface area contributed by atoms with Crippen LogP contribution in [0.1, 0.15) is 22.3 Å². The molecule has 0 spiro atoms. The van der Waals surface area contributed by atoms with Crippen LogP contribution in [-0.2, 0) is 15.6 Å². The van der Waals surface area contributed by atoms with Crippen LogP contribution in [0.3, 0.4) is 0 Å². The Balaban J connectivity index is 1.74. The van der Waals surface area contributed by atoms with Gasteiger partial charge in [-0.25, -0.2) is 8.42 Å². The van der Waals surface area contributed by atoms with Gasteiger partial charge in [0.2, 0.25) is 0 Å². The molecule has 0 radical (unpaired) electrons. The highest BCUT2D eigenvalue weighted by atomic mass is 32.2. The third-order valence-corrected chi connectivity index (χ3v) is 6.27. The number of likely N-dealkylation sites (N-methyl/N-ethyl adjacent to an activating group) is 1. The molecule has 132 valence electrons. The third-order valence-electron chi connectivity index (χ3n) is 4.56. The maximum Gasteiger partial charge on any atom is 0.253 e. The number of hydrogen-bond donors (Lipinski definition) is 1. The molecule has 1 atom stereocenters. The van der Waals surface area contributed by atoms with Crippen molar-refractivity contribution >= 4 is 15.7 Å². The van der Waals surface area contributed by atoms with Gasteiger partial charge >= 0.3 is 0 Å². The summed E-state index contributed by atoms with van der Waals surface area (Å²) in [6.07, 6.45) is 0.936. The Morgan fingerprint density at radius 2 is 1.80 bits per heavy atom. The van der Waals surface area contributed by atoms with Gasteiger partial charge in [-0.2, -0.15) is 0 Å². The zero-order valence-corrected chi connectivity index (χ0v) is 15.0. The highest BCUT2D eigenvalue weighted by molar-refractivity contribution is 7.90. The molecule has 0 aliphatic carbocycles. The Morgan fingerprint density at radius 3 is 2.40 bits per heavy atom. The molecule has 1 unspecified atom stereocenters. The fourth-order valence-electron chi connectivity index (χ4n) is 3.02. The Bertz CT molecular complexity index is 827. The van der Waals surface area contributed by atoms with Crippen LogP contribution in [0.25, 0.3) is 0 Å². The maximum atomic E-state index is 12.5. The number of carbonyl (C=O) groups excluding carboxylic acids is 1. The first-order valence-corrected chi connectivity index (χ1v) is 9.97. The predicted molar refractivity (Wildman–Crippen MR) is 97.1 cm³/mol. The largest absolute Gasteiger partial charge is 0.337 e. The van der Waals surface area contributed by atoms with E-state index in [9.17, 15) is 13.2 Å². The first-order valence-electron chi connectivity index (χ1n) is 8.32. The van der Waals surface area contributed by atoms with Crippen LogP contribution in [0.15, 0.2) is 59.5 Å². The summed E-state index contributed by atoms with van der Waals surface area (Å²) in [6.45, 7) is 1.71. The lowest BCUT2D eigenvalue weighted by Gasteiger charge is -2.23. The molecule has 2 aromatic rings. The number of nitrogens with zero attached hydrogens (tertiary/aromatic N) is 1. The van der Waals surface area contributed by atoms with Crippen LogP contribution in [-0.4, -0.2) is 45.4 Å². The second-order valence-electron chi connectivity index (χ2n) is 6.33. The summed E-state index contributed by atoms with van der Waals surface area (Å²) in [4.78, 5) is 14.5. The van der Waals surface area contributed by atoms with Crippen molar-refractivity contribution in [3.63, 3.8) is 0 Å². The first kappa shape index (κ1) is 17.6. The van der Waals surface area contributed by atoms with Gasteiger partial charge in [-0.1, -0.05) is 30.3 Å². The minimum atomic E-state index is -3.43. The third kappa shape index (κ3) is 4.08. The van der Waals surface area contributed by atoms with E-state index < -0.39 is 9.84 Å². The highest BCUT2D eigenvalue weighted by Gasteiger charge is 2.24. The van der Waals surface area contributed by atoms with E-state index in [-0.39, 0.29) is 22.6 Å². The van der Waals surface area contributed by atoms with E-state index >= 15 is 0 Å². The minimum Gasteiger partial charge on any atom is -0.337 e. The van der Waals surface area contributed by atoms with E-state index in [4.69, 9.17) is 0 Å². The smallest absolute Gasteiger partial charge is 0.253 e. The zero-order valence-electron chi connectivity index (χ0n) is 14.2. The van der Waals surface area contributed by atoms with Crippen LogP contribution < -0.4 is 5.32 Å². The minimum absolute atomic E-state index is 0.0468. The molecule has 25 heavy (non-hydrogen) atoms. The maximum absolute atomic E-state index is 12.5. The number of amides is 1. The number of hydrogen-bond acceptors (Lipinski definition) is 4. The molecule has 1 aliphatic heterocycles. The highest BCUT2D eigenvalue weighted by Crippen LogP contribution is 2.18. The van der Waals surface area contributed by atoms with E-state index in [0.717, 1.165) is 25.1 Å². The quantitative estimate of drug-likeness (QED) is 0.889. The number of nitrogens with one attached hydrogen (secondary N) is 1. The lowest BCUT2D eigenvalue weighted by molar-refractivity contribution is 0.0743. The van der Waals surface area contributed by atoms with Crippen molar-refractivity contribution in [3.8, 4) is 0 Å². The van der Waals surface area contributed by atoms with Crippen molar-refractivity contribution < 1.29 is 13.2 Å². The summed E-state index contributed by atoms with van der Waals surface area (Å²) in [6, 6.07) is 15.5. The molecule has 1 heterocycles. The Hall–Kier alpha value is -2.18. The normalized spacial score (nSPS) is 17.4. The fourth-order valence-corrected chi connectivity index (χ4v) is 4.37. The van der Waals surface area contributed by atoms with Gasteiger partial charge in [-0.15, -0.1) is 0 Å². The molecule has 1 fully saturated rings. The predicted octanol–water partition coefficient (Wildman–Crippen LogP) is 2.09. The van der Waals surface area contributed by atoms with Crippen LogP contribution >= 0.6 is 0 Å². The number of carbonyl (C=O) groups is 1.